The second kappa shape index (κ2) is 5.17. The summed E-state index contributed by atoms with van der Waals surface area (Å²) >= 11 is 0. The Kier molecular flexibility index (Phi) is 4.43. The summed E-state index contributed by atoms with van der Waals surface area (Å²) in [5, 5.41) is 9.01. The third-order valence-corrected chi connectivity index (χ3v) is 6.37. The maximum absolute atomic E-state index is 12.0. The maximum Gasteiger partial charge on any atom is 0.308 e. The fourth-order valence-corrected chi connectivity index (χ4v) is 3.28. The number of hydrogen-bond acceptors (Lipinski definition) is 4. The van der Waals surface area contributed by atoms with E-state index in [4.69, 9.17) is 5.11 Å². The summed E-state index contributed by atoms with van der Waals surface area (Å²) in [5.41, 5.74) is 0. The predicted molar refractivity (Wildman–Crippen MR) is 70.3 cm³/mol. The van der Waals surface area contributed by atoms with Crippen molar-refractivity contribution in [3.63, 3.8) is 0 Å². The van der Waals surface area contributed by atoms with Crippen LogP contribution in [0.25, 0.3) is 0 Å². The van der Waals surface area contributed by atoms with Crippen molar-refractivity contribution < 1.29 is 18.3 Å². The number of carbonyl (C=O) groups is 1. The quantitative estimate of drug-likeness (QED) is 0.829. The molecule has 2 atom stereocenters. The molecule has 1 rings (SSSR count). The van der Waals surface area contributed by atoms with E-state index < -0.39 is 20.6 Å². The zero-order valence-electron chi connectivity index (χ0n) is 11.5. The standard InChI is InChI=1S/C12H23NO4S/c1-9-10(11(14)15)5-6-13(9)7-8-18(16,17)12(2,3)4/h9-10H,5-8H2,1-4H3,(H,14,15). The van der Waals surface area contributed by atoms with E-state index in [1.807, 2.05) is 11.8 Å². The van der Waals surface area contributed by atoms with Crippen LogP contribution in [0.15, 0.2) is 0 Å². The Hall–Kier alpha value is -0.620. The average Bonchev–Trinajstić information content (AvgIpc) is 2.55. The van der Waals surface area contributed by atoms with E-state index in [0.29, 0.717) is 19.5 Å². The molecule has 0 radical (unpaired) electrons. The van der Waals surface area contributed by atoms with Gasteiger partial charge in [0.25, 0.3) is 0 Å². The van der Waals surface area contributed by atoms with Crippen LogP contribution in [0.1, 0.15) is 34.1 Å². The molecule has 1 fully saturated rings. The molecule has 1 N–H and O–H groups in total. The number of nitrogens with zero attached hydrogens (tertiary/aromatic N) is 1. The van der Waals surface area contributed by atoms with Crippen molar-refractivity contribution in [2.24, 2.45) is 5.92 Å². The lowest BCUT2D eigenvalue weighted by Crippen LogP contribution is -2.39. The second-order valence-electron chi connectivity index (χ2n) is 5.94. The molecular weight excluding hydrogens is 254 g/mol. The van der Waals surface area contributed by atoms with Crippen LogP contribution in [0.4, 0.5) is 0 Å². The van der Waals surface area contributed by atoms with Crippen LogP contribution in [-0.2, 0) is 14.6 Å². The van der Waals surface area contributed by atoms with Gasteiger partial charge in [-0.3, -0.25) is 9.69 Å². The zero-order chi connectivity index (χ0) is 14.1. The van der Waals surface area contributed by atoms with E-state index in [9.17, 15) is 13.2 Å². The minimum Gasteiger partial charge on any atom is -0.481 e. The molecule has 0 spiro atoms. The highest BCUT2D eigenvalue weighted by Crippen LogP contribution is 2.25. The second-order valence-corrected chi connectivity index (χ2v) is 8.80. The number of carboxylic acid groups (broad SMARTS) is 1. The Bertz CT molecular complexity index is 410. The highest BCUT2D eigenvalue weighted by atomic mass is 32.2. The predicted octanol–water partition coefficient (Wildman–Crippen LogP) is 0.995. The summed E-state index contributed by atoms with van der Waals surface area (Å²) < 4.78 is 23.2. The normalized spacial score (nSPS) is 26.4. The van der Waals surface area contributed by atoms with Gasteiger partial charge in [-0.05, 0) is 40.7 Å². The maximum atomic E-state index is 12.0. The molecule has 0 aromatic heterocycles. The summed E-state index contributed by atoms with van der Waals surface area (Å²) in [4.78, 5) is 12.9. The first-order valence-corrected chi connectivity index (χ1v) is 7.90. The van der Waals surface area contributed by atoms with E-state index in [0.717, 1.165) is 0 Å². The van der Waals surface area contributed by atoms with E-state index in [1.54, 1.807) is 20.8 Å². The van der Waals surface area contributed by atoms with E-state index in [2.05, 4.69) is 0 Å². The molecule has 0 amide bonds. The number of hydrogen-bond donors (Lipinski definition) is 1. The average molecular weight is 277 g/mol. The Morgan fingerprint density at radius 2 is 1.94 bits per heavy atom. The van der Waals surface area contributed by atoms with Gasteiger partial charge in [-0.25, -0.2) is 8.42 Å². The van der Waals surface area contributed by atoms with Crippen molar-refractivity contribution in [2.75, 3.05) is 18.8 Å². The molecule has 1 saturated heterocycles. The first kappa shape index (κ1) is 15.4. The van der Waals surface area contributed by atoms with Gasteiger partial charge in [0.2, 0.25) is 0 Å². The van der Waals surface area contributed by atoms with Crippen molar-refractivity contribution in [2.45, 2.75) is 44.9 Å². The Morgan fingerprint density at radius 3 is 2.33 bits per heavy atom. The van der Waals surface area contributed by atoms with Crippen molar-refractivity contribution >= 4 is 15.8 Å². The van der Waals surface area contributed by atoms with Crippen LogP contribution in [0.5, 0.6) is 0 Å². The highest BCUT2D eigenvalue weighted by Gasteiger charge is 2.37. The summed E-state index contributed by atoms with van der Waals surface area (Å²) in [7, 11) is -3.14. The van der Waals surface area contributed by atoms with Crippen LogP contribution >= 0.6 is 0 Å². The summed E-state index contributed by atoms with van der Waals surface area (Å²) in [6.07, 6.45) is 0.603. The van der Waals surface area contributed by atoms with E-state index >= 15 is 0 Å². The molecule has 1 aliphatic heterocycles. The zero-order valence-corrected chi connectivity index (χ0v) is 12.3. The van der Waals surface area contributed by atoms with Gasteiger partial charge in [0.1, 0.15) is 0 Å². The molecule has 6 heteroatoms. The largest absolute Gasteiger partial charge is 0.481 e. The SMILES string of the molecule is CC1C(C(=O)O)CCN1CCS(=O)(=O)C(C)(C)C. The molecule has 0 bridgehead atoms. The third kappa shape index (κ3) is 3.23. The van der Waals surface area contributed by atoms with Crippen LogP contribution in [-0.4, -0.2) is 54.0 Å². The number of likely N-dealkylation sites (tertiary alicyclic amines) is 1. The Labute approximate surface area is 109 Å². The molecule has 5 nitrogen and oxygen atoms in total. The first-order chi connectivity index (χ1) is 8.06. The molecule has 1 heterocycles. The Balaban J connectivity index is 2.59. The lowest BCUT2D eigenvalue weighted by Gasteiger charge is -2.25. The summed E-state index contributed by atoms with van der Waals surface area (Å²) in [6, 6.07) is -0.0855. The van der Waals surface area contributed by atoms with Gasteiger partial charge in [-0.15, -0.1) is 0 Å². The van der Waals surface area contributed by atoms with Crippen molar-refractivity contribution in [3.8, 4) is 0 Å². The third-order valence-electron chi connectivity index (χ3n) is 3.78. The minimum atomic E-state index is -3.14. The minimum absolute atomic E-state index is 0.0855. The van der Waals surface area contributed by atoms with Crippen LogP contribution in [0.3, 0.4) is 0 Å². The van der Waals surface area contributed by atoms with Gasteiger partial charge >= 0.3 is 5.97 Å². The molecule has 0 aromatic rings. The van der Waals surface area contributed by atoms with Gasteiger partial charge < -0.3 is 5.11 Å². The Morgan fingerprint density at radius 1 is 1.39 bits per heavy atom. The highest BCUT2D eigenvalue weighted by molar-refractivity contribution is 7.92. The lowest BCUT2D eigenvalue weighted by atomic mass is 10.0. The van der Waals surface area contributed by atoms with Crippen molar-refractivity contribution in [1.82, 2.24) is 4.90 Å². The monoisotopic (exact) mass is 277 g/mol. The molecule has 106 valence electrons. The molecule has 0 aliphatic carbocycles. The van der Waals surface area contributed by atoms with Gasteiger partial charge in [-0.1, -0.05) is 0 Å². The number of carboxylic acids is 1. The van der Waals surface area contributed by atoms with E-state index in [1.165, 1.54) is 0 Å². The van der Waals surface area contributed by atoms with Crippen LogP contribution in [0, 0.1) is 5.92 Å². The number of aliphatic carboxylic acids is 1. The molecule has 0 saturated carbocycles. The molecule has 1 aliphatic rings. The lowest BCUT2D eigenvalue weighted by molar-refractivity contribution is -0.142. The van der Waals surface area contributed by atoms with Crippen LogP contribution in [0.2, 0.25) is 0 Å². The van der Waals surface area contributed by atoms with Crippen molar-refractivity contribution in [1.29, 1.82) is 0 Å². The van der Waals surface area contributed by atoms with E-state index in [-0.39, 0.29) is 17.7 Å². The molecule has 18 heavy (non-hydrogen) atoms. The smallest absolute Gasteiger partial charge is 0.308 e. The number of rotatable bonds is 4. The molecular formula is C12H23NO4S. The summed E-state index contributed by atoms with van der Waals surface area (Å²) in [6.45, 7) is 8.01. The van der Waals surface area contributed by atoms with Crippen LogP contribution < -0.4 is 0 Å². The first-order valence-electron chi connectivity index (χ1n) is 6.25. The fourth-order valence-electron chi connectivity index (χ4n) is 2.19. The van der Waals surface area contributed by atoms with Gasteiger partial charge in [-0.2, -0.15) is 0 Å². The number of sulfone groups is 1. The fraction of sp³-hybridized carbons (Fsp3) is 0.917. The molecule has 0 aromatic carbocycles. The topological polar surface area (TPSA) is 74.7 Å². The van der Waals surface area contributed by atoms with Crippen molar-refractivity contribution in [3.05, 3.63) is 0 Å². The summed E-state index contributed by atoms with van der Waals surface area (Å²) in [5.74, 6) is -1.07. The van der Waals surface area contributed by atoms with Gasteiger partial charge in [0.15, 0.2) is 9.84 Å². The van der Waals surface area contributed by atoms with Gasteiger partial charge in [0.05, 0.1) is 16.4 Å². The van der Waals surface area contributed by atoms with Gasteiger partial charge in [0, 0.05) is 12.6 Å². The molecule has 2 unspecified atom stereocenters.